The maximum absolute atomic E-state index is 11.3. The second-order valence-corrected chi connectivity index (χ2v) is 2.89. The summed E-state index contributed by atoms with van der Waals surface area (Å²) in [5, 5.41) is 0. The van der Waals surface area contributed by atoms with E-state index in [0.29, 0.717) is 18.8 Å². The van der Waals surface area contributed by atoms with Crippen molar-refractivity contribution in [3.63, 3.8) is 0 Å². The van der Waals surface area contributed by atoms with Crippen molar-refractivity contribution in [1.29, 1.82) is 0 Å². The number of halogens is 1. The van der Waals surface area contributed by atoms with E-state index in [0.717, 1.165) is 13.0 Å². The quantitative estimate of drug-likeness (QED) is 0.463. The van der Waals surface area contributed by atoms with Crippen LogP contribution in [0.2, 0.25) is 0 Å². The van der Waals surface area contributed by atoms with Crippen molar-refractivity contribution < 1.29 is 4.79 Å². The Morgan fingerprint density at radius 2 is 2.33 bits per heavy atom. The van der Waals surface area contributed by atoms with Gasteiger partial charge in [-0.05, 0) is 13.3 Å². The van der Waals surface area contributed by atoms with Crippen LogP contribution in [0.15, 0.2) is 12.7 Å². The number of carbonyl (C=O) groups excluding carboxylic acids is 1. The highest BCUT2D eigenvalue weighted by atomic mass is 35.5. The number of rotatable bonds is 6. The van der Waals surface area contributed by atoms with Gasteiger partial charge in [-0.3, -0.25) is 4.79 Å². The van der Waals surface area contributed by atoms with Gasteiger partial charge in [-0.2, -0.15) is 0 Å². The second-order valence-electron chi connectivity index (χ2n) is 2.51. The lowest BCUT2D eigenvalue weighted by molar-refractivity contribution is -0.130. The summed E-state index contributed by atoms with van der Waals surface area (Å²) in [7, 11) is 0. The van der Waals surface area contributed by atoms with E-state index in [2.05, 4.69) is 6.58 Å². The molecule has 12 heavy (non-hydrogen) atoms. The van der Waals surface area contributed by atoms with Crippen molar-refractivity contribution in [2.75, 3.05) is 19.0 Å². The fourth-order valence-electron chi connectivity index (χ4n) is 0.939. The standard InChI is InChI=1S/C9H16ClNO/c1-3-8-11(4-2)9(12)6-5-7-10/h3H,1,4-8H2,2H3. The summed E-state index contributed by atoms with van der Waals surface area (Å²) in [6, 6.07) is 0. The van der Waals surface area contributed by atoms with Crippen molar-refractivity contribution in [2.24, 2.45) is 0 Å². The Morgan fingerprint density at radius 1 is 1.67 bits per heavy atom. The highest BCUT2D eigenvalue weighted by Crippen LogP contribution is 1.99. The van der Waals surface area contributed by atoms with E-state index in [-0.39, 0.29) is 5.91 Å². The Morgan fingerprint density at radius 3 is 2.75 bits per heavy atom. The number of likely N-dealkylation sites (N-methyl/N-ethyl adjacent to an activating group) is 1. The smallest absolute Gasteiger partial charge is 0.222 e. The van der Waals surface area contributed by atoms with Crippen LogP contribution in [0.3, 0.4) is 0 Å². The number of amides is 1. The topological polar surface area (TPSA) is 20.3 Å². The van der Waals surface area contributed by atoms with Crippen LogP contribution in [0.1, 0.15) is 19.8 Å². The summed E-state index contributed by atoms with van der Waals surface area (Å²) < 4.78 is 0. The van der Waals surface area contributed by atoms with Gasteiger partial charge < -0.3 is 4.90 Å². The minimum atomic E-state index is 0.165. The zero-order valence-corrected chi connectivity index (χ0v) is 8.31. The normalized spacial score (nSPS) is 9.50. The molecule has 2 nitrogen and oxygen atoms in total. The van der Waals surface area contributed by atoms with E-state index in [1.54, 1.807) is 11.0 Å². The first kappa shape index (κ1) is 11.5. The molecule has 0 N–H and O–H groups in total. The molecule has 0 unspecified atom stereocenters. The molecule has 0 radical (unpaired) electrons. The van der Waals surface area contributed by atoms with Crippen LogP contribution >= 0.6 is 11.6 Å². The second kappa shape index (κ2) is 7.17. The molecule has 0 aliphatic rings. The molecule has 0 spiro atoms. The molecular weight excluding hydrogens is 174 g/mol. The first-order valence-corrected chi connectivity index (χ1v) is 4.74. The predicted octanol–water partition coefficient (Wildman–Crippen LogP) is 2.04. The van der Waals surface area contributed by atoms with E-state index >= 15 is 0 Å². The molecule has 0 aliphatic heterocycles. The number of nitrogens with zero attached hydrogens (tertiary/aromatic N) is 1. The van der Waals surface area contributed by atoms with Crippen molar-refractivity contribution in [2.45, 2.75) is 19.8 Å². The number of carbonyl (C=O) groups is 1. The molecule has 0 aromatic carbocycles. The fourth-order valence-corrected chi connectivity index (χ4v) is 1.07. The summed E-state index contributed by atoms with van der Waals surface area (Å²) in [6.07, 6.45) is 3.04. The van der Waals surface area contributed by atoms with Gasteiger partial charge in [0, 0.05) is 25.4 Å². The van der Waals surface area contributed by atoms with Gasteiger partial charge >= 0.3 is 0 Å². The van der Waals surface area contributed by atoms with Gasteiger partial charge in [0.2, 0.25) is 5.91 Å². The fraction of sp³-hybridized carbons (Fsp3) is 0.667. The summed E-state index contributed by atoms with van der Waals surface area (Å²) in [4.78, 5) is 13.1. The summed E-state index contributed by atoms with van der Waals surface area (Å²) in [6.45, 7) is 6.93. The average molecular weight is 190 g/mol. The molecule has 70 valence electrons. The van der Waals surface area contributed by atoms with Crippen LogP contribution < -0.4 is 0 Å². The van der Waals surface area contributed by atoms with Crippen molar-refractivity contribution in [3.8, 4) is 0 Å². The predicted molar refractivity (Wildman–Crippen MR) is 52.4 cm³/mol. The van der Waals surface area contributed by atoms with Crippen molar-refractivity contribution in [3.05, 3.63) is 12.7 Å². The molecule has 0 rings (SSSR count). The molecule has 0 fully saturated rings. The Labute approximate surface area is 79.2 Å². The molecular formula is C9H16ClNO. The third-order valence-corrected chi connectivity index (χ3v) is 1.88. The van der Waals surface area contributed by atoms with Gasteiger partial charge in [-0.1, -0.05) is 6.08 Å². The van der Waals surface area contributed by atoms with Crippen molar-refractivity contribution >= 4 is 17.5 Å². The zero-order valence-electron chi connectivity index (χ0n) is 7.55. The van der Waals surface area contributed by atoms with Crippen LogP contribution in [-0.2, 0) is 4.79 Å². The molecule has 0 bridgehead atoms. The van der Waals surface area contributed by atoms with E-state index in [1.807, 2.05) is 6.92 Å². The highest BCUT2D eigenvalue weighted by Gasteiger charge is 2.08. The molecule has 0 aromatic heterocycles. The minimum Gasteiger partial charge on any atom is -0.339 e. The van der Waals surface area contributed by atoms with Crippen LogP contribution in [0.4, 0.5) is 0 Å². The first-order chi connectivity index (χ1) is 5.76. The van der Waals surface area contributed by atoms with Gasteiger partial charge in [-0.25, -0.2) is 0 Å². The lowest BCUT2D eigenvalue weighted by Crippen LogP contribution is -2.30. The monoisotopic (exact) mass is 189 g/mol. The number of hydrogen-bond acceptors (Lipinski definition) is 1. The minimum absolute atomic E-state index is 0.165. The summed E-state index contributed by atoms with van der Waals surface area (Å²) >= 11 is 5.48. The first-order valence-electron chi connectivity index (χ1n) is 4.20. The molecule has 0 saturated carbocycles. The zero-order chi connectivity index (χ0) is 9.40. The Bertz CT molecular complexity index is 147. The SMILES string of the molecule is C=CCN(CC)C(=O)CCCCl. The van der Waals surface area contributed by atoms with Gasteiger partial charge in [0.1, 0.15) is 0 Å². The Kier molecular flexibility index (Phi) is 6.87. The molecule has 0 aliphatic carbocycles. The third kappa shape index (κ3) is 4.39. The van der Waals surface area contributed by atoms with Crippen LogP contribution in [0, 0.1) is 0 Å². The lowest BCUT2D eigenvalue weighted by atomic mass is 10.3. The van der Waals surface area contributed by atoms with Crippen LogP contribution in [-0.4, -0.2) is 29.8 Å². The summed E-state index contributed by atoms with van der Waals surface area (Å²) in [5.41, 5.74) is 0. The average Bonchev–Trinajstić information content (AvgIpc) is 2.10. The van der Waals surface area contributed by atoms with E-state index in [1.165, 1.54) is 0 Å². The van der Waals surface area contributed by atoms with E-state index in [4.69, 9.17) is 11.6 Å². The third-order valence-electron chi connectivity index (χ3n) is 1.61. The summed E-state index contributed by atoms with van der Waals surface area (Å²) in [5.74, 6) is 0.718. The molecule has 3 heteroatoms. The maximum atomic E-state index is 11.3. The largest absolute Gasteiger partial charge is 0.339 e. The molecule has 0 heterocycles. The Balaban J connectivity index is 3.76. The Hall–Kier alpha value is -0.500. The van der Waals surface area contributed by atoms with Gasteiger partial charge in [0.15, 0.2) is 0 Å². The molecule has 0 atom stereocenters. The molecule has 1 amide bonds. The molecule has 0 aromatic rings. The van der Waals surface area contributed by atoms with Gasteiger partial charge in [0.05, 0.1) is 0 Å². The van der Waals surface area contributed by atoms with Gasteiger partial charge in [0.25, 0.3) is 0 Å². The van der Waals surface area contributed by atoms with Crippen LogP contribution in [0.5, 0.6) is 0 Å². The number of hydrogen-bond donors (Lipinski definition) is 0. The highest BCUT2D eigenvalue weighted by molar-refractivity contribution is 6.17. The van der Waals surface area contributed by atoms with Crippen molar-refractivity contribution in [1.82, 2.24) is 4.90 Å². The number of alkyl halides is 1. The van der Waals surface area contributed by atoms with E-state index < -0.39 is 0 Å². The maximum Gasteiger partial charge on any atom is 0.222 e. The van der Waals surface area contributed by atoms with Gasteiger partial charge in [-0.15, -0.1) is 18.2 Å². The van der Waals surface area contributed by atoms with E-state index in [9.17, 15) is 4.79 Å². The van der Waals surface area contributed by atoms with Crippen LogP contribution in [0.25, 0.3) is 0 Å². The molecule has 0 saturated heterocycles. The lowest BCUT2D eigenvalue weighted by Gasteiger charge is -2.18.